The molecule has 0 bridgehead atoms. The highest BCUT2D eigenvalue weighted by molar-refractivity contribution is 7.98. The van der Waals surface area contributed by atoms with Gasteiger partial charge in [0.1, 0.15) is 0 Å². The number of carbonyl (C=O) groups is 1. The molecule has 0 N–H and O–H groups in total. The Morgan fingerprint density at radius 3 is 2.00 bits per heavy atom. The number of hydrogen-bond donors (Lipinski definition) is 0. The van der Waals surface area contributed by atoms with Crippen molar-refractivity contribution in [1.29, 1.82) is 0 Å². The fourth-order valence-corrected chi connectivity index (χ4v) is 5.12. The SMILES string of the molecule is COC(=O)c1c(SC)cc(-c2ccc(Cl)cc2)c2c1CCCCCCCCCC2. The molecule has 0 aliphatic heterocycles. The smallest absolute Gasteiger partial charge is 0.339 e. The number of esters is 1. The molecule has 0 atom stereocenters. The molecule has 0 unspecified atom stereocenters. The number of rotatable bonds is 3. The quantitative estimate of drug-likeness (QED) is 0.368. The molecular formula is C25H31ClO2S. The first-order valence-corrected chi connectivity index (χ1v) is 12.3. The fourth-order valence-electron chi connectivity index (χ4n) is 4.35. The van der Waals surface area contributed by atoms with E-state index in [4.69, 9.17) is 16.3 Å². The Balaban J connectivity index is 2.18. The van der Waals surface area contributed by atoms with Gasteiger partial charge >= 0.3 is 5.97 Å². The lowest BCUT2D eigenvalue weighted by atomic mass is 9.86. The van der Waals surface area contributed by atoms with Crippen molar-refractivity contribution >= 4 is 29.3 Å². The molecule has 0 heterocycles. The molecule has 0 spiro atoms. The van der Waals surface area contributed by atoms with Crippen LogP contribution in [0.1, 0.15) is 72.9 Å². The average molecular weight is 431 g/mol. The van der Waals surface area contributed by atoms with Crippen LogP contribution in [0.2, 0.25) is 5.02 Å². The van der Waals surface area contributed by atoms with Crippen LogP contribution in [0.15, 0.2) is 35.2 Å². The van der Waals surface area contributed by atoms with E-state index in [2.05, 4.69) is 18.2 Å². The summed E-state index contributed by atoms with van der Waals surface area (Å²) in [5, 5.41) is 0.744. The lowest BCUT2D eigenvalue weighted by molar-refractivity contribution is 0.0595. The number of benzene rings is 2. The van der Waals surface area contributed by atoms with Crippen molar-refractivity contribution in [3.05, 3.63) is 52.0 Å². The minimum absolute atomic E-state index is 0.208. The van der Waals surface area contributed by atoms with Gasteiger partial charge in [-0.15, -0.1) is 11.8 Å². The molecule has 29 heavy (non-hydrogen) atoms. The normalized spacial score (nSPS) is 15.7. The van der Waals surface area contributed by atoms with Crippen LogP contribution in [0, 0.1) is 0 Å². The van der Waals surface area contributed by atoms with Crippen LogP contribution in [0.4, 0.5) is 0 Å². The van der Waals surface area contributed by atoms with Crippen LogP contribution in [0.25, 0.3) is 11.1 Å². The zero-order valence-electron chi connectivity index (χ0n) is 17.6. The Hall–Kier alpha value is -1.45. The van der Waals surface area contributed by atoms with Gasteiger partial charge in [-0.05, 0) is 72.4 Å². The van der Waals surface area contributed by atoms with Gasteiger partial charge in [0.25, 0.3) is 0 Å². The second-order valence-electron chi connectivity index (χ2n) is 7.79. The number of ether oxygens (including phenoxy) is 1. The summed E-state index contributed by atoms with van der Waals surface area (Å²) < 4.78 is 5.21. The minimum Gasteiger partial charge on any atom is -0.465 e. The van der Waals surface area contributed by atoms with E-state index in [0.717, 1.165) is 41.2 Å². The van der Waals surface area contributed by atoms with E-state index >= 15 is 0 Å². The molecule has 0 radical (unpaired) electrons. The summed E-state index contributed by atoms with van der Waals surface area (Å²) in [5.74, 6) is -0.208. The van der Waals surface area contributed by atoms with E-state index in [-0.39, 0.29) is 5.97 Å². The standard InChI is InChI=1S/C25H31ClO2S/c1-28-25(27)24-21-12-10-8-6-4-3-5-7-9-11-20(21)22(17-23(24)29-2)18-13-15-19(26)16-14-18/h13-17H,3-12H2,1-2H3. The lowest BCUT2D eigenvalue weighted by Gasteiger charge is -2.22. The Labute approximate surface area is 184 Å². The molecule has 3 rings (SSSR count). The number of fused-ring (bicyclic) bond motifs is 1. The average Bonchev–Trinajstić information content (AvgIpc) is 2.73. The van der Waals surface area contributed by atoms with Crippen LogP contribution in [0.5, 0.6) is 0 Å². The second-order valence-corrected chi connectivity index (χ2v) is 9.07. The van der Waals surface area contributed by atoms with Crippen molar-refractivity contribution in [2.75, 3.05) is 13.4 Å². The number of methoxy groups -OCH3 is 1. The van der Waals surface area contributed by atoms with Crippen molar-refractivity contribution in [3.63, 3.8) is 0 Å². The van der Waals surface area contributed by atoms with Crippen molar-refractivity contribution in [2.24, 2.45) is 0 Å². The molecule has 0 saturated heterocycles. The van der Waals surface area contributed by atoms with Gasteiger partial charge in [0.05, 0.1) is 12.7 Å². The molecule has 2 aromatic rings. The van der Waals surface area contributed by atoms with Gasteiger partial charge in [0.2, 0.25) is 0 Å². The van der Waals surface area contributed by atoms with Crippen molar-refractivity contribution in [1.82, 2.24) is 0 Å². The summed E-state index contributed by atoms with van der Waals surface area (Å²) in [6.45, 7) is 0. The van der Waals surface area contributed by atoms with Gasteiger partial charge in [-0.25, -0.2) is 4.79 Å². The minimum atomic E-state index is -0.208. The molecule has 2 aromatic carbocycles. The summed E-state index contributed by atoms with van der Waals surface area (Å²) >= 11 is 7.77. The first-order valence-electron chi connectivity index (χ1n) is 10.7. The summed E-state index contributed by atoms with van der Waals surface area (Å²) in [6, 6.07) is 10.3. The summed E-state index contributed by atoms with van der Waals surface area (Å²) in [7, 11) is 1.49. The zero-order chi connectivity index (χ0) is 20.6. The topological polar surface area (TPSA) is 26.3 Å². The molecule has 0 fully saturated rings. The maximum absolute atomic E-state index is 12.8. The van der Waals surface area contributed by atoms with Gasteiger partial charge in [0.15, 0.2) is 0 Å². The van der Waals surface area contributed by atoms with Gasteiger partial charge in [-0.3, -0.25) is 0 Å². The summed E-state index contributed by atoms with van der Waals surface area (Å²) in [4.78, 5) is 13.8. The van der Waals surface area contributed by atoms with E-state index in [0.29, 0.717) is 0 Å². The van der Waals surface area contributed by atoms with Crippen molar-refractivity contribution < 1.29 is 9.53 Å². The number of carbonyl (C=O) groups excluding carboxylic acids is 1. The molecular weight excluding hydrogens is 400 g/mol. The number of halogens is 1. The molecule has 0 saturated carbocycles. The molecule has 1 aliphatic carbocycles. The highest BCUT2D eigenvalue weighted by Gasteiger charge is 2.23. The maximum atomic E-state index is 12.8. The van der Waals surface area contributed by atoms with Crippen LogP contribution < -0.4 is 0 Å². The Bertz CT molecular complexity index is 830. The lowest BCUT2D eigenvalue weighted by Crippen LogP contribution is -2.12. The van der Waals surface area contributed by atoms with Crippen molar-refractivity contribution in [2.45, 2.75) is 69.1 Å². The largest absolute Gasteiger partial charge is 0.465 e. The summed E-state index contributed by atoms with van der Waals surface area (Å²) in [5.41, 5.74) is 5.72. The number of hydrogen-bond acceptors (Lipinski definition) is 3. The fraction of sp³-hybridized carbons (Fsp3) is 0.480. The third kappa shape index (κ3) is 5.58. The molecule has 1 aliphatic rings. The van der Waals surface area contributed by atoms with Gasteiger partial charge < -0.3 is 4.74 Å². The van der Waals surface area contributed by atoms with E-state index in [1.807, 2.05) is 18.4 Å². The van der Waals surface area contributed by atoms with Gasteiger partial charge in [-0.2, -0.15) is 0 Å². The Morgan fingerprint density at radius 2 is 1.45 bits per heavy atom. The van der Waals surface area contributed by atoms with Crippen LogP contribution >= 0.6 is 23.4 Å². The van der Waals surface area contributed by atoms with E-state index in [1.54, 1.807) is 11.8 Å². The highest BCUT2D eigenvalue weighted by Crippen LogP contribution is 2.38. The van der Waals surface area contributed by atoms with E-state index in [1.165, 1.54) is 67.9 Å². The van der Waals surface area contributed by atoms with Gasteiger partial charge in [-0.1, -0.05) is 62.3 Å². The molecule has 156 valence electrons. The molecule has 2 nitrogen and oxygen atoms in total. The monoisotopic (exact) mass is 430 g/mol. The number of thioether (sulfide) groups is 1. The van der Waals surface area contributed by atoms with Crippen molar-refractivity contribution in [3.8, 4) is 11.1 Å². The Morgan fingerprint density at radius 1 is 0.897 bits per heavy atom. The summed E-state index contributed by atoms with van der Waals surface area (Å²) in [6.07, 6.45) is 14.0. The zero-order valence-corrected chi connectivity index (χ0v) is 19.1. The van der Waals surface area contributed by atoms with Crippen LogP contribution in [0.3, 0.4) is 0 Å². The predicted molar refractivity (Wildman–Crippen MR) is 124 cm³/mol. The van der Waals surface area contributed by atoms with Gasteiger partial charge in [0, 0.05) is 9.92 Å². The first-order chi connectivity index (χ1) is 14.2. The van der Waals surface area contributed by atoms with E-state index in [9.17, 15) is 4.79 Å². The first kappa shape index (κ1) is 22.2. The third-order valence-electron chi connectivity index (χ3n) is 5.88. The maximum Gasteiger partial charge on any atom is 0.339 e. The molecule has 4 heteroatoms. The molecule has 0 aromatic heterocycles. The Kier molecular flexibility index (Phi) is 8.50. The third-order valence-corrected chi connectivity index (χ3v) is 6.89. The predicted octanol–water partition coefficient (Wildman–Crippen LogP) is 7.73. The highest BCUT2D eigenvalue weighted by atomic mass is 35.5. The van der Waals surface area contributed by atoms with Crippen LogP contribution in [-0.2, 0) is 17.6 Å². The molecule has 0 amide bonds. The second kappa shape index (κ2) is 11.1. The van der Waals surface area contributed by atoms with E-state index < -0.39 is 0 Å². The van der Waals surface area contributed by atoms with Crippen LogP contribution in [-0.4, -0.2) is 19.3 Å².